The lowest BCUT2D eigenvalue weighted by Gasteiger charge is -2.23. The zero-order valence-corrected chi connectivity index (χ0v) is 15.2. The van der Waals surface area contributed by atoms with E-state index in [1.807, 2.05) is 36.2 Å². The number of hydrogen-bond donors (Lipinski definition) is 0. The lowest BCUT2D eigenvalue weighted by molar-refractivity contribution is -0.384. The van der Waals surface area contributed by atoms with Crippen LogP contribution in [0.4, 0.5) is 15.8 Å². The number of anilines is 1. The van der Waals surface area contributed by atoms with Gasteiger partial charge in [-0.25, -0.2) is 4.39 Å². The summed E-state index contributed by atoms with van der Waals surface area (Å²) in [5, 5.41) is 17.6. The highest BCUT2D eigenvalue weighted by Gasteiger charge is 2.30. The van der Waals surface area contributed by atoms with E-state index in [2.05, 4.69) is 0 Å². The molecule has 1 atom stereocenters. The highest BCUT2D eigenvalue weighted by Crippen LogP contribution is 2.37. The van der Waals surface area contributed by atoms with Crippen LogP contribution >= 0.6 is 0 Å². The summed E-state index contributed by atoms with van der Waals surface area (Å²) in [6, 6.07) is 20.7. The predicted octanol–water partition coefficient (Wildman–Crippen LogP) is 5.40. The van der Waals surface area contributed by atoms with Gasteiger partial charge in [-0.05, 0) is 42.3 Å². The number of aryl methyl sites for hydroxylation is 1. The average molecular weight is 375 g/mol. The third-order valence-corrected chi connectivity index (χ3v) is 4.88. The molecule has 28 heavy (non-hydrogen) atoms. The molecule has 0 amide bonds. The van der Waals surface area contributed by atoms with Crippen molar-refractivity contribution in [2.75, 3.05) is 5.01 Å². The van der Waals surface area contributed by atoms with E-state index in [1.165, 1.54) is 29.8 Å². The van der Waals surface area contributed by atoms with Crippen LogP contribution in [0.25, 0.3) is 0 Å². The molecule has 1 heterocycles. The van der Waals surface area contributed by atoms with E-state index in [0.29, 0.717) is 6.42 Å². The summed E-state index contributed by atoms with van der Waals surface area (Å²) in [6.45, 7) is 2.03. The van der Waals surface area contributed by atoms with Gasteiger partial charge in [-0.3, -0.25) is 15.1 Å². The molecule has 0 unspecified atom stereocenters. The molecule has 0 saturated heterocycles. The monoisotopic (exact) mass is 375 g/mol. The van der Waals surface area contributed by atoms with Crippen molar-refractivity contribution in [2.24, 2.45) is 5.10 Å². The van der Waals surface area contributed by atoms with Crippen molar-refractivity contribution < 1.29 is 9.31 Å². The van der Waals surface area contributed by atoms with E-state index in [9.17, 15) is 14.5 Å². The van der Waals surface area contributed by atoms with Crippen molar-refractivity contribution in [1.82, 2.24) is 0 Å². The summed E-state index contributed by atoms with van der Waals surface area (Å²) >= 11 is 0. The van der Waals surface area contributed by atoms with Crippen molar-refractivity contribution >= 4 is 17.1 Å². The van der Waals surface area contributed by atoms with Gasteiger partial charge >= 0.3 is 0 Å². The zero-order valence-electron chi connectivity index (χ0n) is 15.2. The minimum Gasteiger partial charge on any atom is -0.258 e. The molecule has 0 N–H and O–H groups in total. The van der Waals surface area contributed by atoms with E-state index in [4.69, 9.17) is 5.10 Å². The van der Waals surface area contributed by atoms with E-state index < -0.39 is 4.92 Å². The van der Waals surface area contributed by atoms with E-state index >= 15 is 0 Å². The third-order valence-electron chi connectivity index (χ3n) is 4.88. The molecule has 6 heteroatoms. The molecule has 5 nitrogen and oxygen atoms in total. The maximum Gasteiger partial charge on any atom is 0.269 e. The number of non-ortho nitro benzene ring substituents is 1. The Morgan fingerprint density at radius 1 is 1.00 bits per heavy atom. The van der Waals surface area contributed by atoms with Crippen LogP contribution in [-0.4, -0.2) is 10.6 Å². The zero-order chi connectivity index (χ0) is 19.7. The van der Waals surface area contributed by atoms with Crippen molar-refractivity contribution in [1.29, 1.82) is 0 Å². The number of benzene rings is 3. The fraction of sp³-hybridized carbons (Fsp3) is 0.136. The molecule has 3 aromatic rings. The maximum absolute atomic E-state index is 13.4. The Kier molecular flexibility index (Phi) is 4.61. The number of halogens is 1. The van der Waals surface area contributed by atoms with E-state index in [0.717, 1.165) is 22.5 Å². The van der Waals surface area contributed by atoms with Crippen LogP contribution in [0, 0.1) is 22.9 Å². The number of nitrogens with zero attached hydrogens (tertiary/aromatic N) is 3. The highest BCUT2D eigenvalue weighted by molar-refractivity contribution is 6.03. The van der Waals surface area contributed by atoms with Crippen LogP contribution in [0.15, 0.2) is 77.9 Å². The minimum atomic E-state index is -0.424. The molecule has 4 rings (SSSR count). The average Bonchev–Trinajstić information content (AvgIpc) is 3.14. The minimum absolute atomic E-state index is 0.0315. The Morgan fingerprint density at radius 2 is 1.64 bits per heavy atom. The molecule has 0 radical (unpaired) electrons. The van der Waals surface area contributed by atoms with Crippen LogP contribution in [-0.2, 0) is 0 Å². The van der Waals surface area contributed by atoms with Crippen molar-refractivity contribution in [2.45, 2.75) is 19.4 Å². The topological polar surface area (TPSA) is 58.7 Å². The second kappa shape index (κ2) is 7.23. The molecule has 0 aliphatic carbocycles. The van der Waals surface area contributed by atoms with Gasteiger partial charge in [0, 0.05) is 18.6 Å². The first kappa shape index (κ1) is 17.9. The summed E-state index contributed by atoms with van der Waals surface area (Å²) in [5.74, 6) is -0.289. The highest BCUT2D eigenvalue weighted by atomic mass is 19.1. The molecule has 1 aliphatic heterocycles. The lowest BCUT2D eigenvalue weighted by Crippen LogP contribution is -2.18. The van der Waals surface area contributed by atoms with Gasteiger partial charge in [0.15, 0.2) is 0 Å². The molecule has 0 aromatic heterocycles. The maximum atomic E-state index is 13.4. The lowest BCUT2D eigenvalue weighted by atomic mass is 9.97. The summed E-state index contributed by atoms with van der Waals surface area (Å²) in [7, 11) is 0. The Balaban J connectivity index is 1.73. The summed E-state index contributed by atoms with van der Waals surface area (Å²) < 4.78 is 13.4. The van der Waals surface area contributed by atoms with Gasteiger partial charge < -0.3 is 0 Å². The Morgan fingerprint density at radius 3 is 2.25 bits per heavy atom. The quantitative estimate of drug-likeness (QED) is 0.453. The number of nitro benzene ring substituents is 1. The van der Waals surface area contributed by atoms with Crippen LogP contribution in [0.3, 0.4) is 0 Å². The number of rotatable bonds is 4. The first-order valence-electron chi connectivity index (χ1n) is 8.95. The van der Waals surface area contributed by atoms with Crippen LogP contribution in [0.2, 0.25) is 0 Å². The number of nitro groups is 1. The summed E-state index contributed by atoms with van der Waals surface area (Å²) in [6.07, 6.45) is 0.658. The second-order valence-corrected chi connectivity index (χ2v) is 6.80. The fourth-order valence-electron chi connectivity index (χ4n) is 3.34. The first-order chi connectivity index (χ1) is 13.5. The van der Waals surface area contributed by atoms with Gasteiger partial charge in [0.25, 0.3) is 5.69 Å². The molecular formula is C22H18FN3O2. The Bertz CT molecular complexity index is 1030. The standard InChI is InChI=1S/C22H18FN3O2/c1-15-2-4-16(5-3-15)21-14-22(17-6-8-18(23)9-7-17)25(24-21)19-10-12-20(13-11-19)26(27)28/h2-13,22H,14H2,1H3/t22-/m1/s1. The molecule has 0 fully saturated rings. The SMILES string of the molecule is Cc1ccc(C2=NN(c3ccc([N+](=O)[O-])cc3)[C@@H](c3ccc(F)cc3)C2)cc1. The van der Waals surface area contributed by atoms with Crippen LogP contribution < -0.4 is 5.01 Å². The smallest absolute Gasteiger partial charge is 0.258 e. The third kappa shape index (κ3) is 3.49. The van der Waals surface area contributed by atoms with Gasteiger partial charge in [0.05, 0.1) is 22.4 Å². The van der Waals surface area contributed by atoms with Crippen LogP contribution in [0.5, 0.6) is 0 Å². The number of hydrogen-bond acceptors (Lipinski definition) is 4. The van der Waals surface area contributed by atoms with Gasteiger partial charge in [0.2, 0.25) is 0 Å². The van der Waals surface area contributed by atoms with Gasteiger partial charge in [-0.1, -0.05) is 42.0 Å². The Labute approximate surface area is 161 Å². The molecule has 0 bridgehead atoms. The molecule has 140 valence electrons. The van der Waals surface area contributed by atoms with E-state index in [-0.39, 0.29) is 17.5 Å². The first-order valence-corrected chi connectivity index (χ1v) is 8.95. The molecule has 0 spiro atoms. The van der Waals surface area contributed by atoms with Crippen molar-refractivity contribution in [3.63, 3.8) is 0 Å². The van der Waals surface area contributed by atoms with Crippen LogP contribution in [0.1, 0.15) is 29.2 Å². The molecule has 0 saturated carbocycles. The summed E-state index contributed by atoms with van der Waals surface area (Å²) in [4.78, 5) is 10.5. The summed E-state index contributed by atoms with van der Waals surface area (Å²) in [5.41, 5.74) is 4.84. The number of hydrazone groups is 1. The molecule has 1 aliphatic rings. The predicted molar refractivity (Wildman–Crippen MR) is 107 cm³/mol. The molecule has 3 aromatic carbocycles. The van der Waals surface area contributed by atoms with E-state index in [1.54, 1.807) is 24.3 Å². The largest absolute Gasteiger partial charge is 0.269 e. The Hall–Kier alpha value is -3.54. The molecular weight excluding hydrogens is 357 g/mol. The fourth-order valence-corrected chi connectivity index (χ4v) is 3.34. The van der Waals surface area contributed by atoms with Gasteiger partial charge in [0.1, 0.15) is 5.82 Å². The normalized spacial score (nSPS) is 16.1. The van der Waals surface area contributed by atoms with Gasteiger partial charge in [-0.2, -0.15) is 5.10 Å². The van der Waals surface area contributed by atoms with Crippen molar-refractivity contribution in [3.8, 4) is 0 Å². The second-order valence-electron chi connectivity index (χ2n) is 6.80. The van der Waals surface area contributed by atoms with Gasteiger partial charge in [-0.15, -0.1) is 0 Å². The van der Waals surface area contributed by atoms with Crippen molar-refractivity contribution in [3.05, 3.63) is 105 Å².